The first-order valence-corrected chi connectivity index (χ1v) is 7.68. The number of thiazole rings is 1. The van der Waals surface area contributed by atoms with Crippen LogP contribution in [0, 0.1) is 5.53 Å². The van der Waals surface area contributed by atoms with Crippen LogP contribution in [0.3, 0.4) is 0 Å². The Morgan fingerprint density at radius 2 is 2.12 bits per heavy atom. The van der Waals surface area contributed by atoms with Crippen LogP contribution in [0.5, 0.6) is 5.75 Å². The Hall–Kier alpha value is -3.60. The molecule has 3 rings (SSSR count). The molecule has 11 heteroatoms. The van der Waals surface area contributed by atoms with Crippen molar-refractivity contribution in [3.63, 3.8) is 0 Å². The Morgan fingerprint density at radius 3 is 2.88 bits per heavy atom. The summed E-state index contributed by atoms with van der Waals surface area (Å²) in [6.07, 6.45) is 1.41. The third kappa shape index (κ3) is 3.67. The van der Waals surface area contributed by atoms with E-state index in [1.165, 1.54) is 29.7 Å². The summed E-state index contributed by atoms with van der Waals surface area (Å²) < 4.78 is 0.752. The van der Waals surface area contributed by atoms with E-state index in [0.717, 1.165) is 4.70 Å². The number of rotatable bonds is 4. The Labute approximate surface area is 144 Å². The van der Waals surface area contributed by atoms with Crippen LogP contribution >= 0.6 is 11.3 Å². The highest BCUT2D eigenvalue weighted by atomic mass is 32.1. The molecule has 0 aliphatic carbocycles. The highest BCUT2D eigenvalue weighted by Crippen LogP contribution is 2.28. The zero-order chi connectivity index (χ0) is 17.8. The van der Waals surface area contributed by atoms with Crippen LogP contribution in [-0.4, -0.2) is 27.0 Å². The Kier molecular flexibility index (Phi) is 4.48. The lowest BCUT2D eigenvalue weighted by Gasteiger charge is -2.04. The third-order valence-electron chi connectivity index (χ3n) is 3.03. The Bertz CT molecular complexity index is 972. The molecule has 0 atom stereocenters. The molecule has 0 radical (unpaired) electrons. The van der Waals surface area contributed by atoms with Gasteiger partial charge in [-0.2, -0.15) is 5.53 Å². The highest BCUT2D eigenvalue weighted by Gasteiger charge is 2.14. The van der Waals surface area contributed by atoms with Crippen molar-refractivity contribution in [2.75, 3.05) is 10.7 Å². The first-order chi connectivity index (χ1) is 12.1. The fourth-order valence-electron chi connectivity index (χ4n) is 1.94. The molecular formula is C14H11N7O3S. The maximum Gasteiger partial charge on any atom is 0.377 e. The number of aromatic hydroxyl groups is 1. The monoisotopic (exact) mass is 357 g/mol. The highest BCUT2D eigenvalue weighted by molar-refractivity contribution is 7.22. The number of hydrazine groups is 1. The number of hydrogen-bond donors (Lipinski definition) is 5. The SMILES string of the molecule is N=NC(=O)NNc1ccc2nc(NC(=O)c3ncccc3O)sc2c1. The van der Waals surface area contributed by atoms with Gasteiger partial charge in [0.2, 0.25) is 0 Å². The van der Waals surface area contributed by atoms with E-state index in [4.69, 9.17) is 5.53 Å². The molecule has 5 N–H and O–H groups in total. The number of nitrogens with zero attached hydrogens (tertiary/aromatic N) is 3. The largest absolute Gasteiger partial charge is 0.505 e. The lowest BCUT2D eigenvalue weighted by atomic mass is 10.3. The van der Waals surface area contributed by atoms with Crippen molar-refractivity contribution >= 4 is 44.3 Å². The molecule has 25 heavy (non-hydrogen) atoms. The average molecular weight is 357 g/mol. The van der Waals surface area contributed by atoms with Gasteiger partial charge in [0.05, 0.1) is 15.9 Å². The van der Waals surface area contributed by atoms with Crippen molar-refractivity contribution < 1.29 is 14.7 Å². The number of hydrogen-bond acceptors (Lipinski definition) is 8. The molecule has 1 aromatic carbocycles. The summed E-state index contributed by atoms with van der Waals surface area (Å²) >= 11 is 1.21. The van der Waals surface area contributed by atoms with E-state index in [-0.39, 0.29) is 11.4 Å². The summed E-state index contributed by atoms with van der Waals surface area (Å²) in [6, 6.07) is 7.15. The summed E-state index contributed by atoms with van der Waals surface area (Å²) in [5, 5.41) is 15.3. The molecule has 0 aliphatic heterocycles. The van der Waals surface area contributed by atoms with Gasteiger partial charge in [0, 0.05) is 6.20 Å². The molecule has 126 valence electrons. The van der Waals surface area contributed by atoms with Crippen molar-refractivity contribution in [3.8, 4) is 5.75 Å². The second kappa shape index (κ2) is 6.88. The molecule has 0 saturated heterocycles. The zero-order valence-electron chi connectivity index (χ0n) is 12.5. The van der Waals surface area contributed by atoms with E-state index in [1.54, 1.807) is 18.2 Å². The average Bonchev–Trinajstić information content (AvgIpc) is 3.01. The summed E-state index contributed by atoms with van der Waals surface area (Å²) in [5.41, 5.74) is 12.5. The van der Waals surface area contributed by atoms with E-state index in [1.807, 2.05) is 0 Å². The first-order valence-electron chi connectivity index (χ1n) is 6.86. The van der Waals surface area contributed by atoms with E-state index in [9.17, 15) is 14.7 Å². The lowest BCUT2D eigenvalue weighted by Crippen LogP contribution is -2.25. The molecule has 10 nitrogen and oxygen atoms in total. The van der Waals surface area contributed by atoms with Gasteiger partial charge in [-0.3, -0.25) is 15.5 Å². The fraction of sp³-hybridized carbons (Fsp3) is 0. The number of carbonyl (C=O) groups excluding carboxylic acids is 2. The van der Waals surface area contributed by atoms with Gasteiger partial charge in [0.1, 0.15) is 5.75 Å². The quantitative estimate of drug-likeness (QED) is 0.357. The fourth-order valence-corrected chi connectivity index (χ4v) is 2.84. The van der Waals surface area contributed by atoms with Gasteiger partial charge >= 0.3 is 6.03 Å². The number of pyridine rings is 1. The molecule has 3 aromatic rings. The third-order valence-corrected chi connectivity index (χ3v) is 3.96. The number of anilines is 2. The van der Waals surface area contributed by atoms with Gasteiger partial charge in [0.15, 0.2) is 10.8 Å². The number of fused-ring (bicyclic) bond motifs is 1. The second-order valence-electron chi connectivity index (χ2n) is 4.69. The smallest absolute Gasteiger partial charge is 0.377 e. The normalized spacial score (nSPS) is 10.2. The topological polar surface area (TPSA) is 152 Å². The van der Waals surface area contributed by atoms with Crippen LogP contribution in [0.15, 0.2) is 41.6 Å². The van der Waals surface area contributed by atoms with E-state index in [0.29, 0.717) is 16.3 Å². The summed E-state index contributed by atoms with van der Waals surface area (Å²) in [4.78, 5) is 31.2. The number of amides is 3. The first kappa shape index (κ1) is 16.3. The van der Waals surface area contributed by atoms with Crippen LogP contribution in [0.4, 0.5) is 15.6 Å². The van der Waals surface area contributed by atoms with Crippen molar-refractivity contribution in [1.82, 2.24) is 15.4 Å². The Morgan fingerprint density at radius 1 is 1.28 bits per heavy atom. The zero-order valence-corrected chi connectivity index (χ0v) is 13.3. The molecule has 3 amide bonds. The van der Waals surface area contributed by atoms with E-state index < -0.39 is 11.9 Å². The number of nitrogens with one attached hydrogen (secondary N) is 4. The Balaban J connectivity index is 1.77. The van der Waals surface area contributed by atoms with Crippen molar-refractivity contribution in [1.29, 1.82) is 5.53 Å². The van der Waals surface area contributed by atoms with Crippen molar-refractivity contribution in [3.05, 3.63) is 42.2 Å². The minimum atomic E-state index is -0.826. The van der Waals surface area contributed by atoms with Crippen LogP contribution in [0.2, 0.25) is 0 Å². The summed E-state index contributed by atoms with van der Waals surface area (Å²) in [6.45, 7) is 0. The molecule has 0 spiro atoms. The van der Waals surface area contributed by atoms with Crippen LogP contribution in [-0.2, 0) is 0 Å². The van der Waals surface area contributed by atoms with Gasteiger partial charge in [0.25, 0.3) is 5.91 Å². The molecule has 0 fully saturated rings. The summed E-state index contributed by atoms with van der Waals surface area (Å²) in [5.74, 6) is -0.789. The van der Waals surface area contributed by atoms with Gasteiger partial charge in [-0.25, -0.2) is 20.2 Å². The van der Waals surface area contributed by atoms with Gasteiger partial charge in [-0.05, 0) is 30.3 Å². The minimum Gasteiger partial charge on any atom is -0.505 e. The number of benzene rings is 1. The molecule has 0 saturated carbocycles. The number of urea groups is 1. The molecule has 0 bridgehead atoms. The summed E-state index contributed by atoms with van der Waals surface area (Å²) in [7, 11) is 0. The number of carbonyl (C=O) groups is 2. The van der Waals surface area contributed by atoms with Gasteiger partial charge in [-0.15, -0.1) is 0 Å². The molecular weight excluding hydrogens is 346 g/mol. The van der Waals surface area contributed by atoms with E-state index in [2.05, 4.69) is 31.3 Å². The maximum atomic E-state index is 12.1. The van der Waals surface area contributed by atoms with Crippen molar-refractivity contribution in [2.45, 2.75) is 0 Å². The maximum absolute atomic E-state index is 12.1. The van der Waals surface area contributed by atoms with Crippen LogP contribution in [0.1, 0.15) is 10.5 Å². The van der Waals surface area contributed by atoms with Gasteiger partial charge in [-0.1, -0.05) is 16.5 Å². The van der Waals surface area contributed by atoms with Crippen LogP contribution in [0.25, 0.3) is 10.2 Å². The predicted octanol–water partition coefficient (Wildman–Crippen LogP) is 2.72. The molecule has 2 aromatic heterocycles. The van der Waals surface area contributed by atoms with Crippen LogP contribution < -0.4 is 16.2 Å². The predicted molar refractivity (Wildman–Crippen MR) is 90.8 cm³/mol. The van der Waals surface area contributed by atoms with E-state index >= 15 is 0 Å². The minimum absolute atomic E-state index is 0.0917. The second-order valence-corrected chi connectivity index (χ2v) is 5.72. The molecule has 2 heterocycles. The lowest BCUT2D eigenvalue weighted by molar-refractivity contribution is 0.101. The number of aromatic nitrogens is 2. The van der Waals surface area contributed by atoms with Crippen molar-refractivity contribution in [2.24, 2.45) is 5.11 Å². The molecule has 0 aliphatic rings. The van der Waals surface area contributed by atoms with Gasteiger partial charge < -0.3 is 5.11 Å². The standard InChI is InChI=1S/C14H11N7O3S/c15-19-13(24)21-20-7-3-4-8-10(6-7)25-14(17-8)18-12(23)11-9(22)2-1-5-16-11/h1-6,15,20,22H,(H,21,24)(H,17,18,23). The molecule has 0 unspecified atom stereocenters.